The maximum Gasteiger partial charge on any atom is 0.251 e. The van der Waals surface area contributed by atoms with E-state index in [0.717, 1.165) is 57.0 Å². The van der Waals surface area contributed by atoms with Crippen LogP contribution in [-0.4, -0.2) is 47.9 Å². The molecule has 0 aliphatic carbocycles. The largest absolute Gasteiger partial charge is 0.349 e. The maximum atomic E-state index is 12.9. The summed E-state index contributed by atoms with van der Waals surface area (Å²) in [7, 11) is 0. The van der Waals surface area contributed by atoms with Gasteiger partial charge in [0.2, 0.25) is 0 Å². The molecular weight excluding hydrogens is 466 g/mol. The van der Waals surface area contributed by atoms with Crippen LogP contribution in [0.1, 0.15) is 65.6 Å². The molecular formula is C34H43N3O. The number of carbonyl (C=O) groups excluding carboxylic acids is 1. The molecule has 200 valence electrons. The summed E-state index contributed by atoms with van der Waals surface area (Å²) >= 11 is 0. The average molecular weight is 510 g/mol. The van der Waals surface area contributed by atoms with Gasteiger partial charge in [-0.1, -0.05) is 85.6 Å². The van der Waals surface area contributed by atoms with E-state index in [1.165, 1.54) is 55.3 Å². The van der Waals surface area contributed by atoms with E-state index in [0.29, 0.717) is 0 Å². The van der Waals surface area contributed by atoms with Crippen molar-refractivity contribution in [1.29, 1.82) is 0 Å². The average Bonchev–Trinajstić information content (AvgIpc) is 2.94. The number of piperidine rings is 1. The first-order valence-electron chi connectivity index (χ1n) is 14.6. The van der Waals surface area contributed by atoms with Crippen LogP contribution in [0.4, 0.5) is 0 Å². The number of carbonyl (C=O) groups is 1. The van der Waals surface area contributed by atoms with Gasteiger partial charge in [0.15, 0.2) is 0 Å². The molecule has 0 bridgehead atoms. The summed E-state index contributed by atoms with van der Waals surface area (Å²) in [6.45, 7) is 6.35. The molecule has 2 saturated heterocycles. The van der Waals surface area contributed by atoms with Crippen LogP contribution in [-0.2, 0) is 19.5 Å². The Morgan fingerprint density at radius 1 is 0.632 bits per heavy atom. The first-order chi connectivity index (χ1) is 18.7. The van der Waals surface area contributed by atoms with Gasteiger partial charge in [-0.25, -0.2) is 0 Å². The quantitative estimate of drug-likeness (QED) is 0.386. The van der Waals surface area contributed by atoms with Gasteiger partial charge in [-0.3, -0.25) is 14.6 Å². The fourth-order valence-corrected chi connectivity index (χ4v) is 6.06. The number of likely N-dealkylation sites (tertiary alicyclic amines) is 2. The van der Waals surface area contributed by atoms with Gasteiger partial charge in [0.1, 0.15) is 0 Å². The van der Waals surface area contributed by atoms with Gasteiger partial charge in [-0.15, -0.1) is 0 Å². The Labute approximate surface area is 229 Å². The molecule has 0 aromatic heterocycles. The summed E-state index contributed by atoms with van der Waals surface area (Å²) in [6.07, 6.45) is 8.42. The summed E-state index contributed by atoms with van der Waals surface area (Å²) in [5.41, 5.74) is 4.90. The third-order valence-corrected chi connectivity index (χ3v) is 8.35. The highest BCUT2D eigenvalue weighted by molar-refractivity contribution is 5.94. The minimum absolute atomic E-state index is 0.0630. The molecule has 1 N–H and O–H groups in total. The Morgan fingerprint density at radius 3 is 1.89 bits per heavy atom. The van der Waals surface area contributed by atoms with Crippen molar-refractivity contribution in [1.82, 2.24) is 15.1 Å². The Morgan fingerprint density at radius 2 is 1.21 bits per heavy atom. The fourth-order valence-electron chi connectivity index (χ4n) is 6.06. The first-order valence-corrected chi connectivity index (χ1v) is 14.6. The van der Waals surface area contributed by atoms with Crippen molar-refractivity contribution < 1.29 is 4.79 Å². The van der Waals surface area contributed by atoms with Crippen molar-refractivity contribution in [2.75, 3.05) is 26.2 Å². The van der Waals surface area contributed by atoms with Crippen LogP contribution in [0.2, 0.25) is 0 Å². The highest BCUT2D eigenvalue weighted by atomic mass is 16.1. The Bertz CT molecular complexity index is 1110. The van der Waals surface area contributed by atoms with Gasteiger partial charge in [0.25, 0.3) is 5.91 Å². The topological polar surface area (TPSA) is 35.6 Å². The van der Waals surface area contributed by atoms with E-state index in [2.05, 4.69) is 87.9 Å². The zero-order chi connectivity index (χ0) is 26.0. The summed E-state index contributed by atoms with van der Waals surface area (Å²) in [5.74, 6) is 0.838. The number of nitrogens with one attached hydrogen (secondary N) is 1. The maximum absolute atomic E-state index is 12.9. The van der Waals surface area contributed by atoms with E-state index in [1.54, 1.807) is 0 Å². The molecule has 2 aliphatic rings. The molecule has 1 amide bonds. The molecule has 2 heterocycles. The molecule has 4 nitrogen and oxygen atoms in total. The second-order valence-corrected chi connectivity index (χ2v) is 11.3. The van der Waals surface area contributed by atoms with Crippen molar-refractivity contribution in [2.45, 2.75) is 64.1 Å². The van der Waals surface area contributed by atoms with Crippen molar-refractivity contribution >= 4 is 5.91 Å². The minimum atomic E-state index is 0.0630. The van der Waals surface area contributed by atoms with Crippen molar-refractivity contribution in [3.05, 3.63) is 107 Å². The third-order valence-electron chi connectivity index (χ3n) is 8.35. The van der Waals surface area contributed by atoms with E-state index in [1.807, 2.05) is 12.1 Å². The number of benzene rings is 3. The van der Waals surface area contributed by atoms with Crippen LogP contribution in [0.15, 0.2) is 84.9 Å². The number of rotatable bonds is 8. The van der Waals surface area contributed by atoms with Crippen molar-refractivity contribution in [3.63, 3.8) is 0 Å². The summed E-state index contributed by atoms with van der Waals surface area (Å²) in [6, 6.07) is 30.2. The first kappa shape index (κ1) is 26.6. The van der Waals surface area contributed by atoms with Crippen LogP contribution in [0.5, 0.6) is 0 Å². The van der Waals surface area contributed by atoms with E-state index < -0.39 is 0 Å². The van der Waals surface area contributed by atoms with Crippen LogP contribution < -0.4 is 5.32 Å². The van der Waals surface area contributed by atoms with E-state index >= 15 is 0 Å². The van der Waals surface area contributed by atoms with Gasteiger partial charge in [-0.05, 0) is 79.9 Å². The van der Waals surface area contributed by atoms with Crippen LogP contribution in [0, 0.1) is 5.92 Å². The Hall–Kier alpha value is -2.95. The SMILES string of the molecule is O=C(NC1CCN(Cc2ccccc2)CC1)c1ccc(CN2CCCCC(Cc3ccccc3)CC2)cc1. The molecule has 2 aliphatic heterocycles. The standard InChI is InChI=1S/C34H43N3O/c38-34(35-33-19-23-37(24-20-33)26-30-12-5-2-6-13-30)32-16-14-31(15-17-32)27-36-21-8-7-11-29(18-22-36)25-28-9-3-1-4-10-28/h1-6,9-10,12-17,29,33H,7-8,11,18-27H2,(H,35,38). The molecule has 4 heteroatoms. The Kier molecular flexibility index (Phi) is 9.63. The lowest BCUT2D eigenvalue weighted by atomic mass is 9.90. The molecule has 2 fully saturated rings. The molecule has 3 aromatic carbocycles. The third kappa shape index (κ3) is 8.02. The van der Waals surface area contributed by atoms with Gasteiger partial charge in [0, 0.05) is 37.8 Å². The van der Waals surface area contributed by atoms with Crippen molar-refractivity contribution in [2.24, 2.45) is 5.92 Å². The molecule has 0 radical (unpaired) electrons. The van der Waals surface area contributed by atoms with Crippen LogP contribution in [0.3, 0.4) is 0 Å². The zero-order valence-electron chi connectivity index (χ0n) is 22.7. The lowest BCUT2D eigenvalue weighted by Gasteiger charge is -2.32. The lowest BCUT2D eigenvalue weighted by molar-refractivity contribution is 0.0909. The van der Waals surface area contributed by atoms with Crippen LogP contribution >= 0.6 is 0 Å². The number of nitrogens with zero attached hydrogens (tertiary/aromatic N) is 2. The van der Waals surface area contributed by atoms with Gasteiger partial charge in [0.05, 0.1) is 0 Å². The second-order valence-electron chi connectivity index (χ2n) is 11.3. The monoisotopic (exact) mass is 509 g/mol. The Balaban J connectivity index is 1.06. The summed E-state index contributed by atoms with van der Waals surface area (Å²) in [5, 5.41) is 3.28. The smallest absolute Gasteiger partial charge is 0.251 e. The zero-order valence-corrected chi connectivity index (χ0v) is 22.7. The van der Waals surface area contributed by atoms with Gasteiger partial charge >= 0.3 is 0 Å². The summed E-state index contributed by atoms with van der Waals surface area (Å²) in [4.78, 5) is 18.0. The minimum Gasteiger partial charge on any atom is -0.349 e. The van der Waals surface area contributed by atoms with Gasteiger partial charge < -0.3 is 5.32 Å². The molecule has 3 aromatic rings. The molecule has 1 atom stereocenters. The van der Waals surface area contributed by atoms with E-state index in [4.69, 9.17) is 0 Å². The van der Waals surface area contributed by atoms with Crippen molar-refractivity contribution in [3.8, 4) is 0 Å². The highest BCUT2D eigenvalue weighted by Crippen LogP contribution is 2.23. The van der Waals surface area contributed by atoms with E-state index in [9.17, 15) is 4.79 Å². The predicted molar refractivity (Wildman–Crippen MR) is 156 cm³/mol. The molecule has 0 spiro atoms. The number of hydrogen-bond acceptors (Lipinski definition) is 3. The normalized spacial score (nSPS) is 19.9. The fraction of sp³-hybridized carbons (Fsp3) is 0.441. The molecule has 5 rings (SSSR count). The highest BCUT2D eigenvalue weighted by Gasteiger charge is 2.21. The van der Waals surface area contributed by atoms with E-state index in [-0.39, 0.29) is 11.9 Å². The van der Waals surface area contributed by atoms with Crippen LogP contribution in [0.25, 0.3) is 0 Å². The second kappa shape index (κ2) is 13.7. The van der Waals surface area contributed by atoms with Gasteiger partial charge in [-0.2, -0.15) is 0 Å². The lowest BCUT2D eigenvalue weighted by Crippen LogP contribution is -2.44. The molecule has 1 unspecified atom stereocenters. The molecule has 0 saturated carbocycles. The number of amides is 1. The molecule has 38 heavy (non-hydrogen) atoms. The number of hydrogen-bond donors (Lipinski definition) is 1. The predicted octanol–water partition coefficient (Wildman–Crippen LogP) is 6.32. The summed E-state index contributed by atoms with van der Waals surface area (Å²) < 4.78 is 0.